The van der Waals surface area contributed by atoms with Gasteiger partial charge in [-0.3, -0.25) is 0 Å². The zero-order valence-electron chi connectivity index (χ0n) is 8.70. The third kappa shape index (κ3) is 3.92. The van der Waals surface area contributed by atoms with Crippen LogP contribution in [0.2, 0.25) is 0 Å². The van der Waals surface area contributed by atoms with Crippen molar-refractivity contribution in [1.29, 1.82) is 0 Å². The van der Waals surface area contributed by atoms with Crippen molar-refractivity contribution in [2.45, 2.75) is 44.8 Å². The summed E-state index contributed by atoms with van der Waals surface area (Å²) in [4.78, 5) is 10.7. The molecule has 2 atom stereocenters. The van der Waals surface area contributed by atoms with Crippen LogP contribution in [0.4, 0.5) is 0 Å². The van der Waals surface area contributed by atoms with Crippen molar-refractivity contribution >= 4 is 5.97 Å². The Bertz CT molecular complexity index is 201. The minimum atomic E-state index is -0.341. The summed E-state index contributed by atoms with van der Waals surface area (Å²) >= 11 is 0. The molecule has 2 unspecified atom stereocenters. The second-order valence-corrected chi connectivity index (χ2v) is 3.52. The molecule has 0 aromatic carbocycles. The van der Waals surface area contributed by atoms with Crippen molar-refractivity contribution in [2.75, 3.05) is 6.61 Å². The summed E-state index contributed by atoms with van der Waals surface area (Å²) in [6.07, 6.45) is 6.27. The lowest BCUT2D eigenvalue weighted by Gasteiger charge is -1.99. The van der Waals surface area contributed by atoms with Gasteiger partial charge in [0.05, 0.1) is 18.8 Å². The van der Waals surface area contributed by atoms with E-state index in [2.05, 4.69) is 13.5 Å². The van der Waals surface area contributed by atoms with Crippen molar-refractivity contribution in [3.8, 4) is 0 Å². The standard InChI is InChI=1S/C11H18O3/c1-3-6-9-10(14-9)7-5-8-13-11(12)4-2/h4,9-10H,2-3,5-8H2,1H3. The fourth-order valence-electron chi connectivity index (χ4n) is 1.49. The highest BCUT2D eigenvalue weighted by atomic mass is 16.6. The molecule has 0 amide bonds. The van der Waals surface area contributed by atoms with Crippen LogP contribution in [0.5, 0.6) is 0 Å². The molecule has 14 heavy (non-hydrogen) atoms. The van der Waals surface area contributed by atoms with Gasteiger partial charge in [-0.25, -0.2) is 4.79 Å². The minimum Gasteiger partial charge on any atom is -0.463 e. The zero-order valence-corrected chi connectivity index (χ0v) is 8.70. The number of carbonyl (C=O) groups excluding carboxylic acids is 1. The van der Waals surface area contributed by atoms with Crippen molar-refractivity contribution in [3.63, 3.8) is 0 Å². The van der Waals surface area contributed by atoms with E-state index in [1.54, 1.807) is 0 Å². The van der Waals surface area contributed by atoms with Crippen LogP contribution in [0.15, 0.2) is 12.7 Å². The maximum Gasteiger partial charge on any atom is 0.330 e. The normalized spacial score (nSPS) is 24.4. The fraction of sp³-hybridized carbons (Fsp3) is 0.727. The predicted molar refractivity (Wildman–Crippen MR) is 54.0 cm³/mol. The molecule has 0 radical (unpaired) electrons. The van der Waals surface area contributed by atoms with Crippen LogP contribution in [0.25, 0.3) is 0 Å². The summed E-state index contributed by atoms with van der Waals surface area (Å²) in [6, 6.07) is 0. The van der Waals surface area contributed by atoms with Crippen molar-refractivity contribution in [2.24, 2.45) is 0 Å². The van der Waals surface area contributed by atoms with Crippen LogP contribution in [0, 0.1) is 0 Å². The maximum absolute atomic E-state index is 10.7. The van der Waals surface area contributed by atoms with Gasteiger partial charge in [0.2, 0.25) is 0 Å². The number of ether oxygens (including phenoxy) is 2. The number of rotatable bonds is 7. The highest BCUT2D eigenvalue weighted by Gasteiger charge is 2.36. The Labute approximate surface area is 85.1 Å². The predicted octanol–water partition coefficient (Wildman–Crippen LogP) is 2.06. The maximum atomic E-state index is 10.7. The molecule has 0 N–H and O–H groups in total. The molecule has 0 bridgehead atoms. The van der Waals surface area contributed by atoms with Gasteiger partial charge in [-0.15, -0.1) is 0 Å². The van der Waals surface area contributed by atoms with E-state index in [0.717, 1.165) is 19.3 Å². The second kappa shape index (κ2) is 5.81. The first-order valence-electron chi connectivity index (χ1n) is 5.22. The number of esters is 1. The van der Waals surface area contributed by atoms with Crippen LogP contribution in [-0.4, -0.2) is 24.8 Å². The monoisotopic (exact) mass is 198 g/mol. The van der Waals surface area contributed by atoms with E-state index in [1.807, 2.05) is 0 Å². The molecule has 0 aliphatic carbocycles. The molecule has 0 aromatic heterocycles. The lowest BCUT2D eigenvalue weighted by molar-refractivity contribution is -0.137. The summed E-state index contributed by atoms with van der Waals surface area (Å²) in [5.74, 6) is -0.341. The number of carbonyl (C=O) groups is 1. The fourth-order valence-corrected chi connectivity index (χ4v) is 1.49. The highest BCUT2D eigenvalue weighted by Crippen LogP contribution is 2.30. The Hall–Kier alpha value is -0.830. The van der Waals surface area contributed by atoms with Crippen LogP contribution in [0.1, 0.15) is 32.6 Å². The van der Waals surface area contributed by atoms with E-state index in [9.17, 15) is 4.79 Å². The van der Waals surface area contributed by atoms with Crippen LogP contribution in [0.3, 0.4) is 0 Å². The van der Waals surface area contributed by atoms with Gasteiger partial charge in [-0.05, 0) is 19.3 Å². The van der Waals surface area contributed by atoms with Gasteiger partial charge in [0.1, 0.15) is 0 Å². The summed E-state index contributed by atoms with van der Waals surface area (Å²) in [5.41, 5.74) is 0. The SMILES string of the molecule is C=CC(=O)OCCCC1OC1CCC. The lowest BCUT2D eigenvalue weighted by Crippen LogP contribution is -2.03. The largest absolute Gasteiger partial charge is 0.463 e. The van der Waals surface area contributed by atoms with Crippen molar-refractivity contribution in [3.05, 3.63) is 12.7 Å². The second-order valence-electron chi connectivity index (χ2n) is 3.52. The molecule has 1 saturated heterocycles. The first kappa shape index (κ1) is 11.2. The molecule has 1 aliphatic heterocycles. The summed E-state index contributed by atoms with van der Waals surface area (Å²) in [6.45, 7) is 5.96. The van der Waals surface area contributed by atoms with E-state index >= 15 is 0 Å². The number of hydrogen-bond acceptors (Lipinski definition) is 3. The van der Waals surface area contributed by atoms with Gasteiger partial charge in [0.15, 0.2) is 0 Å². The molecular formula is C11H18O3. The Morgan fingerprint density at radius 3 is 2.86 bits per heavy atom. The third-order valence-electron chi connectivity index (χ3n) is 2.30. The van der Waals surface area contributed by atoms with Gasteiger partial charge < -0.3 is 9.47 Å². The van der Waals surface area contributed by atoms with E-state index in [1.165, 1.54) is 12.5 Å². The first-order chi connectivity index (χ1) is 6.77. The molecule has 1 heterocycles. The quantitative estimate of drug-likeness (QED) is 0.272. The van der Waals surface area contributed by atoms with E-state index in [0.29, 0.717) is 18.8 Å². The van der Waals surface area contributed by atoms with Crippen molar-refractivity contribution in [1.82, 2.24) is 0 Å². The Morgan fingerprint density at radius 1 is 1.50 bits per heavy atom. The summed E-state index contributed by atoms with van der Waals surface area (Å²) in [7, 11) is 0. The molecule has 0 aromatic rings. The molecule has 3 heteroatoms. The number of hydrogen-bond donors (Lipinski definition) is 0. The van der Waals surface area contributed by atoms with Gasteiger partial charge >= 0.3 is 5.97 Å². The molecule has 1 aliphatic rings. The third-order valence-corrected chi connectivity index (χ3v) is 2.30. The highest BCUT2D eigenvalue weighted by molar-refractivity contribution is 5.81. The van der Waals surface area contributed by atoms with Gasteiger partial charge in [0.25, 0.3) is 0 Å². The van der Waals surface area contributed by atoms with E-state index in [4.69, 9.17) is 9.47 Å². The average Bonchev–Trinajstić information content (AvgIpc) is 2.92. The molecule has 1 fully saturated rings. The molecule has 80 valence electrons. The molecule has 0 saturated carbocycles. The van der Waals surface area contributed by atoms with Gasteiger partial charge in [-0.2, -0.15) is 0 Å². The van der Waals surface area contributed by atoms with E-state index in [-0.39, 0.29) is 5.97 Å². The van der Waals surface area contributed by atoms with Crippen LogP contribution >= 0.6 is 0 Å². The Kier molecular flexibility index (Phi) is 4.66. The topological polar surface area (TPSA) is 38.8 Å². The summed E-state index contributed by atoms with van der Waals surface area (Å²) < 4.78 is 10.3. The smallest absolute Gasteiger partial charge is 0.330 e. The Balaban J connectivity index is 1.91. The average molecular weight is 198 g/mol. The molecule has 1 rings (SSSR count). The van der Waals surface area contributed by atoms with Crippen LogP contribution < -0.4 is 0 Å². The lowest BCUT2D eigenvalue weighted by atomic mass is 10.1. The van der Waals surface area contributed by atoms with E-state index < -0.39 is 0 Å². The van der Waals surface area contributed by atoms with Crippen molar-refractivity contribution < 1.29 is 14.3 Å². The van der Waals surface area contributed by atoms with Gasteiger partial charge in [0, 0.05) is 6.08 Å². The molecule has 3 nitrogen and oxygen atoms in total. The Morgan fingerprint density at radius 2 is 2.21 bits per heavy atom. The number of epoxide rings is 1. The van der Waals surface area contributed by atoms with Gasteiger partial charge in [-0.1, -0.05) is 19.9 Å². The van der Waals surface area contributed by atoms with Crippen LogP contribution in [-0.2, 0) is 14.3 Å². The zero-order chi connectivity index (χ0) is 10.4. The molecular weight excluding hydrogens is 180 g/mol. The minimum absolute atomic E-state index is 0.341. The first-order valence-corrected chi connectivity index (χ1v) is 5.22. The molecule has 0 spiro atoms. The summed E-state index contributed by atoms with van der Waals surface area (Å²) in [5, 5.41) is 0.